The summed E-state index contributed by atoms with van der Waals surface area (Å²) in [5.41, 5.74) is 5.12. The van der Waals surface area contributed by atoms with Crippen LogP contribution in [-0.2, 0) is 4.79 Å². The van der Waals surface area contributed by atoms with Gasteiger partial charge >= 0.3 is 0 Å². The molecule has 0 aliphatic rings. The summed E-state index contributed by atoms with van der Waals surface area (Å²) in [6.07, 6.45) is 2.54. The van der Waals surface area contributed by atoms with Crippen molar-refractivity contribution in [1.82, 2.24) is 9.38 Å². The number of amides is 1. The number of hydrogen-bond donors (Lipinski definition) is 1. The maximum absolute atomic E-state index is 13.1. The number of benzene rings is 1. The van der Waals surface area contributed by atoms with Crippen LogP contribution < -0.4 is 16.0 Å². The maximum atomic E-state index is 13.1. The van der Waals surface area contributed by atoms with E-state index in [1.807, 2.05) is 0 Å². The van der Waals surface area contributed by atoms with Crippen LogP contribution in [0.25, 0.3) is 11.7 Å². The van der Waals surface area contributed by atoms with Gasteiger partial charge in [0, 0.05) is 6.20 Å². The number of pyridine rings is 1. The zero-order valence-corrected chi connectivity index (χ0v) is 14.1. The third-order valence-electron chi connectivity index (χ3n) is 3.75. The molecule has 3 rings (SSSR count). The van der Waals surface area contributed by atoms with Gasteiger partial charge in [-0.15, -0.1) is 0 Å². The molecule has 27 heavy (non-hydrogen) atoms. The number of nitriles is 1. The lowest BCUT2D eigenvalue weighted by molar-refractivity contribution is -0.114. The van der Waals surface area contributed by atoms with Crippen LogP contribution in [0.3, 0.4) is 0 Å². The number of carbonyl (C=O) groups is 1. The summed E-state index contributed by atoms with van der Waals surface area (Å²) < 4.78 is 20.0. The minimum atomic E-state index is -0.987. The Hall–Kier alpha value is -3.99. The van der Waals surface area contributed by atoms with Crippen molar-refractivity contribution in [2.75, 3.05) is 0 Å². The number of aromatic nitrogens is 2. The van der Waals surface area contributed by atoms with E-state index in [-0.39, 0.29) is 17.2 Å². The molecule has 1 amide bonds. The fourth-order valence-electron chi connectivity index (χ4n) is 2.41. The Morgan fingerprint density at radius 3 is 2.67 bits per heavy atom. The molecule has 0 bridgehead atoms. The molecule has 0 saturated heterocycles. The van der Waals surface area contributed by atoms with Crippen molar-refractivity contribution >= 4 is 17.6 Å². The van der Waals surface area contributed by atoms with Crippen molar-refractivity contribution in [3.8, 4) is 17.7 Å². The Kier molecular flexibility index (Phi) is 4.68. The fraction of sp³-hybridized carbons (Fsp3) is 0.0526. The predicted octanol–water partition coefficient (Wildman–Crippen LogP) is 2.33. The highest BCUT2D eigenvalue weighted by Crippen LogP contribution is 2.24. The van der Waals surface area contributed by atoms with E-state index in [4.69, 9.17) is 15.7 Å². The number of ether oxygens (including phenoxy) is 1. The second-order valence-electron chi connectivity index (χ2n) is 5.61. The Morgan fingerprint density at radius 2 is 2.04 bits per heavy atom. The van der Waals surface area contributed by atoms with Crippen molar-refractivity contribution in [3.05, 3.63) is 75.5 Å². The SMILES string of the molecule is Cc1cccn2c(=O)c(/C=C(\C#N)C(N)=O)c(Oc3ccc(F)cc3)nc12. The van der Waals surface area contributed by atoms with E-state index in [1.165, 1.54) is 34.9 Å². The van der Waals surface area contributed by atoms with E-state index in [9.17, 15) is 14.0 Å². The molecule has 2 aromatic heterocycles. The number of rotatable bonds is 4. The van der Waals surface area contributed by atoms with Crippen molar-refractivity contribution in [3.63, 3.8) is 0 Å². The van der Waals surface area contributed by atoms with Crippen LogP contribution in [0.2, 0.25) is 0 Å². The molecule has 2 N–H and O–H groups in total. The number of fused-ring (bicyclic) bond motifs is 1. The first-order chi connectivity index (χ1) is 12.9. The Labute approximate surface area is 152 Å². The monoisotopic (exact) mass is 364 g/mol. The van der Waals surface area contributed by atoms with E-state index in [0.717, 1.165) is 6.08 Å². The van der Waals surface area contributed by atoms with Gasteiger partial charge in [-0.1, -0.05) is 6.07 Å². The molecule has 3 aromatic rings. The molecule has 0 atom stereocenters. The van der Waals surface area contributed by atoms with Gasteiger partial charge in [0.15, 0.2) is 0 Å². The van der Waals surface area contributed by atoms with Gasteiger partial charge in [-0.05, 0) is 48.9 Å². The zero-order valence-electron chi connectivity index (χ0n) is 14.1. The van der Waals surface area contributed by atoms with Crippen LogP contribution >= 0.6 is 0 Å². The van der Waals surface area contributed by atoms with Gasteiger partial charge in [-0.25, -0.2) is 4.39 Å². The molecule has 1 aromatic carbocycles. The molecule has 0 aliphatic carbocycles. The molecule has 0 spiro atoms. The van der Waals surface area contributed by atoms with E-state index < -0.39 is 22.9 Å². The molecular weight excluding hydrogens is 351 g/mol. The maximum Gasteiger partial charge on any atom is 0.269 e. The summed E-state index contributed by atoms with van der Waals surface area (Å²) in [6, 6.07) is 10.2. The van der Waals surface area contributed by atoms with Crippen LogP contribution in [0.1, 0.15) is 11.1 Å². The van der Waals surface area contributed by atoms with Gasteiger partial charge in [0.1, 0.15) is 34.4 Å². The lowest BCUT2D eigenvalue weighted by atomic mass is 10.1. The summed E-state index contributed by atoms with van der Waals surface area (Å²) in [5, 5.41) is 9.09. The largest absolute Gasteiger partial charge is 0.438 e. The van der Waals surface area contributed by atoms with Gasteiger partial charge in [0.25, 0.3) is 11.5 Å². The Bertz CT molecular complexity index is 1170. The van der Waals surface area contributed by atoms with E-state index >= 15 is 0 Å². The minimum Gasteiger partial charge on any atom is -0.438 e. The first kappa shape index (κ1) is 17.8. The van der Waals surface area contributed by atoms with Crippen molar-refractivity contribution in [2.45, 2.75) is 6.92 Å². The lowest BCUT2D eigenvalue weighted by Gasteiger charge is -2.11. The second kappa shape index (κ2) is 7.09. The predicted molar refractivity (Wildman–Crippen MR) is 95.5 cm³/mol. The highest BCUT2D eigenvalue weighted by molar-refractivity contribution is 6.00. The molecule has 134 valence electrons. The normalized spacial score (nSPS) is 11.2. The van der Waals surface area contributed by atoms with Crippen LogP contribution in [0.4, 0.5) is 4.39 Å². The van der Waals surface area contributed by atoms with Crippen molar-refractivity contribution in [2.24, 2.45) is 5.73 Å². The minimum absolute atomic E-state index is 0.127. The Morgan fingerprint density at radius 1 is 1.33 bits per heavy atom. The first-order valence-electron chi connectivity index (χ1n) is 7.77. The summed E-state index contributed by atoms with van der Waals surface area (Å²) in [5.74, 6) is -1.34. The van der Waals surface area contributed by atoms with Crippen molar-refractivity contribution < 1.29 is 13.9 Å². The molecule has 2 heterocycles. The smallest absolute Gasteiger partial charge is 0.269 e. The van der Waals surface area contributed by atoms with Gasteiger partial charge < -0.3 is 10.5 Å². The van der Waals surface area contributed by atoms with Crippen LogP contribution in [-0.4, -0.2) is 15.3 Å². The van der Waals surface area contributed by atoms with Crippen LogP contribution in [0.5, 0.6) is 11.6 Å². The van der Waals surface area contributed by atoms with Crippen LogP contribution in [0, 0.1) is 24.1 Å². The molecule has 0 fully saturated rings. The number of carbonyl (C=O) groups excluding carboxylic acids is 1. The number of nitrogens with zero attached hydrogens (tertiary/aromatic N) is 3. The van der Waals surface area contributed by atoms with E-state index in [2.05, 4.69) is 4.98 Å². The highest BCUT2D eigenvalue weighted by atomic mass is 19.1. The average molecular weight is 364 g/mol. The van der Waals surface area contributed by atoms with Gasteiger partial charge in [0.05, 0.1) is 0 Å². The number of nitrogens with two attached hydrogens (primary N) is 1. The second-order valence-corrected chi connectivity index (χ2v) is 5.61. The van der Waals surface area contributed by atoms with E-state index in [0.29, 0.717) is 11.2 Å². The molecule has 0 aliphatic heterocycles. The first-order valence-corrected chi connectivity index (χ1v) is 7.77. The zero-order chi connectivity index (χ0) is 19.6. The third-order valence-corrected chi connectivity index (χ3v) is 3.75. The van der Waals surface area contributed by atoms with Crippen molar-refractivity contribution in [1.29, 1.82) is 5.26 Å². The van der Waals surface area contributed by atoms with Gasteiger partial charge in [-0.3, -0.25) is 14.0 Å². The highest BCUT2D eigenvalue weighted by Gasteiger charge is 2.17. The molecular formula is C19H13FN4O3. The summed E-state index contributed by atoms with van der Waals surface area (Å²) in [6.45, 7) is 1.77. The topological polar surface area (TPSA) is 110 Å². The van der Waals surface area contributed by atoms with Crippen LogP contribution in [0.15, 0.2) is 53.0 Å². The standard InChI is InChI=1S/C19H13FN4O3/c1-11-3-2-8-24-17(11)23-18(27-14-6-4-13(20)5-7-14)15(19(24)26)9-12(10-21)16(22)25/h2-9H,1H3,(H2,22,25)/b12-9+. The fourth-order valence-corrected chi connectivity index (χ4v) is 2.41. The molecule has 0 radical (unpaired) electrons. The van der Waals surface area contributed by atoms with E-state index in [1.54, 1.807) is 25.1 Å². The lowest BCUT2D eigenvalue weighted by Crippen LogP contribution is -2.20. The molecule has 8 heteroatoms. The summed E-state index contributed by atoms with van der Waals surface area (Å²) in [7, 11) is 0. The van der Waals surface area contributed by atoms with Gasteiger partial charge in [-0.2, -0.15) is 10.2 Å². The number of halogens is 1. The average Bonchev–Trinajstić information content (AvgIpc) is 2.64. The summed E-state index contributed by atoms with van der Waals surface area (Å²) in [4.78, 5) is 28.6. The molecule has 0 saturated carbocycles. The number of aryl methyl sites for hydroxylation is 1. The third kappa shape index (κ3) is 3.52. The summed E-state index contributed by atoms with van der Waals surface area (Å²) >= 11 is 0. The number of primary amides is 1. The van der Waals surface area contributed by atoms with Gasteiger partial charge in [0.2, 0.25) is 5.88 Å². The Balaban J connectivity index is 2.28. The number of hydrogen-bond acceptors (Lipinski definition) is 5. The quantitative estimate of drug-likeness (QED) is 0.564. The molecule has 7 nitrogen and oxygen atoms in total. The molecule has 0 unspecified atom stereocenters.